The van der Waals surface area contributed by atoms with Crippen molar-refractivity contribution in [3.05, 3.63) is 53.6 Å². The first-order chi connectivity index (χ1) is 11.9. The van der Waals surface area contributed by atoms with Gasteiger partial charge >= 0.3 is 18.5 Å². The third-order valence-corrected chi connectivity index (χ3v) is 3.30. The van der Waals surface area contributed by atoms with Crippen molar-refractivity contribution in [2.45, 2.75) is 18.6 Å². The Kier molecular flexibility index (Phi) is 5.17. The van der Waals surface area contributed by atoms with Crippen LogP contribution in [0.5, 0.6) is 5.75 Å². The zero-order valence-electron chi connectivity index (χ0n) is 12.6. The third-order valence-electron chi connectivity index (χ3n) is 3.30. The Morgan fingerprint density at radius 2 is 1.58 bits per heavy atom. The fourth-order valence-corrected chi connectivity index (χ4v) is 2.25. The molecule has 0 aromatic heterocycles. The Hall–Kier alpha value is -2.75. The first kappa shape index (κ1) is 19.6. The minimum Gasteiger partial charge on any atom is -0.479 e. The summed E-state index contributed by atoms with van der Waals surface area (Å²) < 4.78 is 81.3. The Morgan fingerprint density at radius 1 is 0.962 bits per heavy atom. The second kappa shape index (κ2) is 6.87. The molecule has 0 amide bonds. The molecule has 0 aliphatic heterocycles. The maximum Gasteiger partial charge on any atom is 0.573 e. The number of hydrogen-bond acceptors (Lipinski definition) is 3. The highest BCUT2D eigenvalue weighted by Gasteiger charge is 2.37. The van der Waals surface area contributed by atoms with E-state index in [1.165, 1.54) is 6.07 Å². The number of para-hydroxylation sites is 1. The molecule has 2 aromatic carbocycles. The van der Waals surface area contributed by atoms with Crippen LogP contribution in [-0.2, 0) is 11.0 Å². The number of carboxylic acid groups (broad SMARTS) is 1. The van der Waals surface area contributed by atoms with Gasteiger partial charge in [0.25, 0.3) is 0 Å². The quantitative estimate of drug-likeness (QED) is 0.773. The van der Waals surface area contributed by atoms with Crippen LogP contribution >= 0.6 is 0 Å². The van der Waals surface area contributed by atoms with E-state index in [4.69, 9.17) is 5.11 Å². The average Bonchev–Trinajstić information content (AvgIpc) is 2.52. The van der Waals surface area contributed by atoms with Crippen LogP contribution in [0, 0.1) is 0 Å². The highest BCUT2D eigenvalue weighted by Crippen LogP contribution is 2.42. The number of aliphatic carboxylic acids is 1. The summed E-state index contributed by atoms with van der Waals surface area (Å²) in [4.78, 5) is 10.8. The molecule has 0 radical (unpaired) electrons. The van der Waals surface area contributed by atoms with Gasteiger partial charge in [0.2, 0.25) is 0 Å². The number of hydrogen-bond donors (Lipinski definition) is 2. The zero-order chi connectivity index (χ0) is 19.7. The van der Waals surface area contributed by atoms with Crippen molar-refractivity contribution >= 4 is 5.97 Å². The molecule has 2 rings (SSSR count). The number of ether oxygens (including phenoxy) is 1. The standard InChI is InChI=1S/C16H10F6O4/c17-15(18,19)11-7-8(13(23)14(24)25)5-6-9(11)10-3-1-2-4-12(10)26-16(20,21)22/h1-7,13,23H,(H,24,25). The number of aliphatic hydroxyl groups excluding tert-OH is 1. The van der Waals surface area contributed by atoms with Crippen molar-refractivity contribution in [2.75, 3.05) is 0 Å². The topological polar surface area (TPSA) is 66.8 Å². The minimum absolute atomic E-state index is 0.374. The second-order valence-electron chi connectivity index (χ2n) is 5.09. The largest absolute Gasteiger partial charge is 0.573 e. The van der Waals surface area contributed by atoms with Crippen LogP contribution in [0.3, 0.4) is 0 Å². The Labute approximate surface area is 142 Å². The fraction of sp³-hybridized carbons (Fsp3) is 0.188. The van der Waals surface area contributed by atoms with Gasteiger partial charge in [0.05, 0.1) is 5.56 Å². The molecule has 0 bridgehead atoms. The van der Waals surface area contributed by atoms with Crippen molar-refractivity contribution in [1.29, 1.82) is 0 Å². The molecular weight excluding hydrogens is 370 g/mol. The van der Waals surface area contributed by atoms with Gasteiger partial charge in [0.1, 0.15) is 5.75 Å². The molecule has 1 unspecified atom stereocenters. The van der Waals surface area contributed by atoms with E-state index in [0.29, 0.717) is 6.07 Å². The van der Waals surface area contributed by atoms with E-state index < -0.39 is 52.6 Å². The van der Waals surface area contributed by atoms with Gasteiger partial charge in [-0.1, -0.05) is 30.3 Å². The van der Waals surface area contributed by atoms with Gasteiger partial charge in [0, 0.05) is 5.56 Å². The predicted octanol–water partition coefficient (Wildman–Crippen LogP) is 4.39. The lowest BCUT2D eigenvalue weighted by atomic mass is 9.95. The van der Waals surface area contributed by atoms with E-state index in [9.17, 15) is 36.2 Å². The van der Waals surface area contributed by atoms with Crippen molar-refractivity contribution in [2.24, 2.45) is 0 Å². The maximum absolute atomic E-state index is 13.4. The van der Waals surface area contributed by atoms with Gasteiger partial charge in [0.15, 0.2) is 6.10 Å². The van der Waals surface area contributed by atoms with Gasteiger partial charge in [-0.15, -0.1) is 13.2 Å². The second-order valence-corrected chi connectivity index (χ2v) is 5.09. The van der Waals surface area contributed by atoms with Crippen LogP contribution < -0.4 is 4.74 Å². The van der Waals surface area contributed by atoms with Gasteiger partial charge in [-0.3, -0.25) is 0 Å². The molecule has 0 aliphatic carbocycles. The van der Waals surface area contributed by atoms with Gasteiger partial charge in [-0.25, -0.2) is 4.79 Å². The molecule has 4 nitrogen and oxygen atoms in total. The molecule has 0 aliphatic rings. The van der Waals surface area contributed by atoms with Crippen molar-refractivity contribution in [1.82, 2.24) is 0 Å². The molecule has 0 spiro atoms. The number of alkyl halides is 6. The van der Waals surface area contributed by atoms with Crippen LogP contribution in [-0.4, -0.2) is 22.5 Å². The first-order valence-corrected chi connectivity index (χ1v) is 6.87. The van der Waals surface area contributed by atoms with Crippen molar-refractivity contribution in [3.8, 4) is 16.9 Å². The third kappa shape index (κ3) is 4.45. The SMILES string of the molecule is O=C(O)C(O)c1ccc(-c2ccccc2OC(F)(F)F)c(C(F)(F)F)c1. The number of benzene rings is 2. The summed E-state index contributed by atoms with van der Waals surface area (Å²) >= 11 is 0. The predicted molar refractivity (Wildman–Crippen MR) is 76.2 cm³/mol. The molecular formula is C16H10F6O4. The number of rotatable bonds is 4. The number of carboxylic acids is 1. The first-order valence-electron chi connectivity index (χ1n) is 6.87. The van der Waals surface area contributed by atoms with E-state index in [2.05, 4.69) is 4.74 Å². The van der Waals surface area contributed by atoms with E-state index in [1.54, 1.807) is 0 Å². The molecule has 2 aromatic rings. The average molecular weight is 380 g/mol. The minimum atomic E-state index is -5.12. The molecule has 2 N–H and O–H groups in total. The van der Waals surface area contributed by atoms with Crippen molar-refractivity contribution in [3.63, 3.8) is 0 Å². The Balaban J connectivity index is 2.66. The van der Waals surface area contributed by atoms with Gasteiger partial charge in [-0.05, 0) is 23.3 Å². The monoisotopic (exact) mass is 380 g/mol. The van der Waals surface area contributed by atoms with Gasteiger partial charge in [-0.2, -0.15) is 13.2 Å². The normalized spacial score (nSPS) is 13.3. The smallest absolute Gasteiger partial charge is 0.479 e. The molecule has 26 heavy (non-hydrogen) atoms. The lowest BCUT2D eigenvalue weighted by molar-refractivity contribution is -0.274. The molecule has 140 valence electrons. The zero-order valence-corrected chi connectivity index (χ0v) is 12.6. The highest BCUT2D eigenvalue weighted by atomic mass is 19.4. The molecule has 0 fully saturated rings. The Morgan fingerprint density at radius 3 is 2.12 bits per heavy atom. The van der Waals surface area contributed by atoms with E-state index in [0.717, 1.165) is 30.3 Å². The molecule has 0 heterocycles. The fourth-order valence-electron chi connectivity index (χ4n) is 2.25. The van der Waals surface area contributed by atoms with Crippen LogP contribution in [0.1, 0.15) is 17.2 Å². The summed E-state index contributed by atoms with van der Waals surface area (Å²) in [5.74, 6) is -2.62. The highest BCUT2D eigenvalue weighted by molar-refractivity contribution is 5.77. The Bertz CT molecular complexity index is 813. The summed E-state index contributed by atoms with van der Waals surface area (Å²) in [6.07, 6.45) is -12.4. The molecule has 1 atom stereocenters. The summed E-state index contributed by atoms with van der Waals surface area (Å²) in [7, 11) is 0. The molecule has 0 saturated heterocycles. The summed E-state index contributed by atoms with van der Waals surface area (Å²) in [6, 6.07) is 6.26. The lowest BCUT2D eigenvalue weighted by Gasteiger charge is -2.18. The van der Waals surface area contributed by atoms with Crippen LogP contribution in [0.25, 0.3) is 11.1 Å². The molecule has 10 heteroatoms. The van der Waals surface area contributed by atoms with Crippen molar-refractivity contribution < 1.29 is 46.1 Å². The number of aliphatic hydroxyl groups is 1. The van der Waals surface area contributed by atoms with Crippen LogP contribution in [0.2, 0.25) is 0 Å². The summed E-state index contributed by atoms with van der Waals surface area (Å²) in [6.45, 7) is 0. The van der Waals surface area contributed by atoms with Gasteiger partial charge < -0.3 is 14.9 Å². The van der Waals surface area contributed by atoms with Crippen LogP contribution in [0.15, 0.2) is 42.5 Å². The maximum atomic E-state index is 13.4. The summed E-state index contributed by atoms with van der Waals surface area (Å²) in [5.41, 5.74) is -3.12. The number of halogens is 6. The van der Waals surface area contributed by atoms with E-state index >= 15 is 0 Å². The summed E-state index contributed by atoms with van der Waals surface area (Å²) in [5, 5.41) is 18.1. The molecule has 0 saturated carbocycles. The lowest BCUT2D eigenvalue weighted by Crippen LogP contribution is -2.18. The number of carbonyl (C=O) groups is 1. The van der Waals surface area contributed by atoms with Crippen LogP contribution in [0.4, 0.5) is 26.3 Å². The van der Waals surface area contributed by atoms with E-state index in [-0.39, 0.29) is 0 Å². The van der Waals surface area contributed by atoms with E-state index in [1.807, 2.05) is 0 Å².